The molecule has 0 aliphatic carbocycles. The van der Waals surface area contributed by atoms with Gasteiger partial charge in [-0.15, -0.1) is 0 Å². The number of nitrogens with one attached hydrogen (secondary N) is 2. The molecule has 0 saturated heterocycles. The predicted octanol–water partition coefficient (Wildman–Crippen LogP) is 5.06. The maximum absolute atomic E-state index is 12.4. The Hall–Kier alpha value is -3.25. The lowest BCUT2D eigenvalue weighted by atomic mass is 10.2. The minimum absolute atomic E-state index is 0.275. The number of rotatable bonds is 6. The van der Waals surface area contributed by atoms with Crippen LogP contribution in [0.15, 0.2) is 54.7 Å². The van der Waals surface area contributed by atoms with Crippen molar-refractivity contribution in [2.24, 2.45) is 0 Å². The fourth-order valence-electron chi connectivity index (χ4n) is 2.63. The molecule has 0 radical (unpaired) electrons. The molecular weight excluding hydrogens is 378 g/mol. The van der Waals surface area contributed by atoms with Crippen molar-refractivity contribution in [3.63, 3.8) is 0 Å². The topological polar surface area (TPSA) is 72.5 Å². The van der Waals surface area contributed by atoms with Gasteiger partial charge in [0.15, 0.2) is 0 Å². The van der Waals surface area contributed by atoms with E-state index in [0.29, 0.717) is 33.6 Å². The van der Waals surface area contributed by atoms with Gasteiger partial charge in [0.25, 0.3) is 5.91 Å². The summed E-state index contributed by atoms with van der Waals surface area (Å²) < 4.78 is 10.6. The number of methoxy groups -OCH3 is 2. The molecule has 3 aromatic rings. The molecule has 1 aromatic heterocycles. The molecule has 0 fully saturated rings. The Bertz CT molecular complexity index is 991. The number of nitrogens with zero attached hydrogens (tertiary/aromatic N) is 1. The van der Waals surface area contributed by atoms with Crippen molar-refractivity contribution in [2.45, 2.75) is 6.92 Å². The lowest BCUT2D eigenvalue weighted by molar-refractivity contribution is 0.102. The zero-order chi connectivity index (χ0) is 20.1. The van der Waals surface area contributed by atoms with Crippen LogP contribution >= 0.6 is 11.6 Å². The number of amides is 1. The normalized spacial score (nSPS) is 10.3. The van der Waals surface area contributed by atoms with E-state index in [1.54, 1.807) is 44.7 Å². The van der Waals surface area contributed by atoms with Crippen molar-refractivity contribution < 1.29 is 14.3 Å². The summed E-state index contributed by atoms with van der Waals surface area (Å²) in [7, 11) is 3.10. The molecule has 6 nitrogen and oxygen atoms in total. The van der Waals surface area contributed by atoms with E-state index in [4.69, 9.17) is 21.1 Å². The molecule has 2 N–H and O–H groups in total. The third-order valence-electron chi connectivity index (χ3n) is 4.02. The van der Waals surface area contributed by atoms with Gasteiger partial charge in [-0.25, -0.2) is 4.98 Å². The Morgan fingerprint density at radius 1 is 1.00 bits per heavy atom. The summed E-state index contributed by atoms with van der Waals surface area (Å²) in [5.74, 6) is 0.807. The van der Waals surface area contributed by atoms with Crippen LogP contribution in [0.5, 0.6) is 11.5 Å². The molecule has 0 atom stereocenters. The first-order chi connectivity index (χ1) is 13.5. The van der Waals surface area contributed by atoms with Crippen molar-refractivity contribution >= 4 is 34.6 Å². The zero-order valence-electron chi connectivity index (χ0n) is 15.7. The number of hydrogen-bond acceptors (Lipinski definition) is 5. The number of hydrogen-bond donors (Lipinski definition) is 2. The molecule has 144 valence electrons. The molecule has 3 rings (SSSR count). The van der Waals surface area contributed by atoms with Crippen molar-refractivity contribution in [3.05, 3.63) is 71.0 Å². The van der Waals surface area contributed by atoms with Crippen molar-refractivity contribution in [3.8, 4) is 11.5 Å². The van der Waals surface area contributed by atoms with Crippen LogP contribution in [0, 0.1) is 6.92 Å². The summed E-state index contributed by atoms with van der Waals surface area (Å²) in [6.45, 7) is 1.97. The second kappa shape index (κ2) is 8.63. The van der Waals surface area contributed by atoms with Gasteiger partial charge in [-0.3, -0.25) is 4.79 Å². The van der Waals surface area contributed by atoms with E-state index >= 15 is 0 Å². The van der Waals surface area contributed by atoms with Gasteiger partial charge in [0.1, 0.15) is 17.2 Å². The average Bonchev–Trinajstić information content (AvgIpc) is 2.69. The molecule has 7 heteroatoms. The number of carbonyl (C=O) groups excluding carboxylic acids is 1. The Morgan fingerprint density at radius 2 is 1.79 bits per heavy atom. The Balaban J connectivity index is 1.75. The number of aryl methyl sites for hydroxylation is 1. The van der Waals surface area contributed by atoms with Crippen molar-refractivity contribution in [1.82, 2.24) is 4.98 Å². The summed E-state index contributed by atoms with van der Waals surface area (Å²) in [6.07, 6.45) is 1.58. The molecule has 1 amide bonds. The number of pyridine rings is 1. The molecule has 0 spiro atoms. The number of aromatic nitrogens is 1. The van der Waals surface area contributed by atoms with Crippen LogP contribution in [0.4, 0.5) is 17.1 Å². The first kappa shape index (κ1) is 19.5. The predicted molar refractivity (Wildman–Crippen MR) is 111 cm³/mol. The van der Waals surface area contributed by atoms with Crippen molar-refractivity contribution in [1.29, 1.82) is 0 Å². The lowest BCUT2D eigenvalue weighted by Crippen LogP contribution is -2.13. The third kappa shape index (κ3) is 4.53. The smallest absolute Gasteiger partial charge is 0.274 e. The standard InChI is InChI=1S/C21H20ClN3O3/c1-13-5-4-6-14(9-13)25-21(26)17-8-7-15(12-23-17)24-18-11-19(27-2)16(22)10-20(18)28-3/h4-12,24H,1-3H3,(H,25,26). The maximum atomic E-state index is 12.4. The minimum atomic E-state index is -0.275. The van der Waals surface area contributed by atoms with Crippen LogP contribution in [-0.4, -0.2) is 25.1 Å². The number of benzene rings is 2. The highest BCUT2D eigenvalue weighted by Crippen LogP contribution is 2.37. The fourth-order valence-corrected chi connectivity index (χ4v) is 2.86. The van der Waals surface area contributed by atoms with Gasteiger partial charge in [0.2, 0.25) is 0 Å². The van der Waals surface area contributed by atoms with Gasteiger partial charge in [-0.05, 0) is 36.8 Å². The quantitative estimate of drug-likeness (QED) is 0.608. The summed E-state index contributed by atoms with van der Waals surface area (Å²) in [6, 6.07) is 14.4. The van der Waals surface area contributed by atoms with E-state index in [0.717, 1.165) is 11.3 Å². The Morgan fingerprint density at radius 3 is 2.43 bits per heavy atom. The minimum Gasteiger partial charge on any atom is -0.495 e. The Labute approximate surface area is 168 Å². The number of halogens is 1. The van der Waals surface area contributed by atoms with Crippen LogP contribution in [0.3, 0.4) is 0 Å². The highest BCUT2D eigenvalue weighted by molar-refractivity contribution is 6.32. The monoisotopic (exact) mass is 397 g/mol. The van der Waals surface area contributed by atoms with E-state index in [9.17, 15) is 4.79 Å². The molecule has 0 aliphatic rings. The van der Waals surface area contributed by atoms with Gasteiger partial charge in [-0.2, -0.15) is 0 Å². The van der Waals surface area contributed by atoms with E-state index in [-0.39, 0.29) is 5.91 Å². The van der Waals surface area contributed by atoms with Gasteiger partial charge in [-0.1, -0.05) is 23.7 Å². The molecular formula is C21H20ClN3O3. The summed E-state index contributed by atoms with van der Waals surface area (Å²) in [5, 5.41) is 6.48. The molecule has 28 heavy (non-hydrogen) atoms. The van der Waals surface area contributed by atoms with Crippen LogP contribution in [0.2, 0.25) is 5.02 Å². The molecule has 0 saturated carbocycles. The first-order valence-corrected chi connectivity index (χ1v) is 8.90. The first-order valence-electron chi connectivity index (χ1n) is 8.53. The third-order valence-corrected chi connectivity index (χ3v) is 4.32. The fraction of sp³-hybridized carbons (Fsp3) is 0.143. The second-order valence-corrected chi connectivity index (χ2v) is 6.47. The van der Waals surface area contributed by atoms with E-state index in [1.165, 1.54) is 0 Å². The SMILES string of the molecule is COc1cc(Nc2ccc(C(=O)Nc3cccc(C)c3)nc2)c(OC)cc1Cl. The average molecular weight is 398 g/mol. The van der Waals surface area contributed by atoms with Crippen LogP contribution in [-0.2, 0) is 0 Å². The summed E-state index contributed by atoms with van der Waals surface area (Å²) >= 11 is 6.13. The van der Waals surface area contributed by atoms with E-state index < -0.39 is 0 Å². The van der Waals surface area contributed by atoms with Crippen LogP contribution < -0.4 is 20.1 Å². The van der Waals surface area contributed by atoms with Crippen LogP contribution in [0.25, 0.3) is 0 Å². The van der Waals surface area contributed by atoms with Crippen LogP contribution in [0.1, 0.15) is 16.1 Å². The van der Waals surface area contributed by atoms with Gasteiger partial charge in [0, 0.05) is 17.8 Å². The molecule has 1 heterocycles. The molecule has 0 aliphatic heterocycles. The van der Waals surface area contributed by atoms with Gasteiger partial charge in [0.05, 0.1) is 36.8 Å². The highest BCUT2D eigenvalue weighted by Gasteiger charge is 2.12. The summed E-state index contributed by atoms with van der Waals surface area (Å²) in [5.41, 5.74) is 3.47. The van der Waals surface area contributed by atoms with Gasteiger partial charge < -0.3 is 20.1 Å². The molecule has 2 aromatic carbocycles. The van der Waals surface area contributed by atoms with Gasteiger partial charge >= 0.3 is 0 Å². The highest BCUT2D eigenvalue weighted by atomic mass is 35.5. The Kier molecular flexibility index (Phi) is 6.01. The second-order valence-electron chi connectivity index (χ2n) is 6.07. The lowest BCUT2D eigenvalue weighted by Gasteiger charge is -2.14. The van der Waals surface area contributed by atoms with E-state index in [2.05, 4.69) is 15.6 Å². The number of carbonyl (C=O) groups is 1. The van der Waals surface area contributed by atoms with E-state index in [1.807, 2.05) is 31.2 Å². The number of anilines is 3. The largest absolute Gasteiger partial charge is 0.495 e. The zero-order valence-corrected chi connectivity index (χ0v) is 16.5. The molecule has 0 bridgehead atoms. The molecule has 0 unspecified atom stereocenters. The number of ether oxygens (including phenoxy) is 2. The van der Waals surface area contributed by atoms with Crippen molar-refractivity contribution in [2.75, 3.05) is 24.9 Å². The maximum Gasteiger partial charge on any atom is 0.274 e. The summed E-state index contributed by atoms with van der Waals surface area (Å²) in [4.78, 5) is 16.6.